The normalized spacial score (nSPS) is 27.3. The number of aryl methyl sites for hydroxylation is 1. The molecule has 0 spiro atoms. The third-order valence-corrected chi connectivity index (χ3v) is 5.22. The van der Waals surface area contributed by atoms with E-state index in [0.29, 0.717) is 18.2 Å². The summed E-state index contributed by atoms with van der Waals surface area (Å²) in [6.45, 7) is 7.57. The maximum Gasteiger partial charge on any atom is 0.191 e. The van der Waals surface area contributed by atoms with Crippen LogP contribution in [0.1, 0.15) is 44.2 Å². The van der Waals surface area contributed by atoms with E-state index in [0.717, 1.165) is 18.9 Å². The molecule has 126 valence electrons. The van der Waals surface area contributed by atoms with Gasteiger partial charge >= 0.3 is 0 Å². The van der Waals surface area contributed by atoms with Crippen LogP contribution in [0.2, 0.25) is 0 Å². The van der Waals surface area contributed by atoms with Crippen molar-refractivity contribution >= 4 is 5.96 Å². The fraction of sp³-hybridized carbons (Fsp3) is 0.632. The van der Waals surface area contributed by atoms with Crippen LogP contribution in [0, 0.1) is 6.92 Å². The molecule has 2 aliphatic rings. The lowest BCUT2D eigenvalue weighted by molar-refractivity contribution is 0.0992. The van der Waals surface area contributed by atoms with E-state index in [2.05, 4.69) is 60.7 Å². The van der Waals surface area contributed by atoms with Crippen molar-refractivity contribution in [2.24, 2.45) is 4.99 Å². The van der Waals surface area contributed by atoms with E-state index in [1.165, 1.54) is 24.0 Å². The molecule has 2 aliphatic heterocycles. The smallest absolute Gasteiger partial charge is 0.191 e. The van der Waals surface area contributed by atoms with E-state index in [4.69, 9.17) is 4.74 Å². The first-order chi connectivity index (χ1) is 11.0. The molecule has 2 bridgehead atoms. The van der Waals surface area contributed by atoms with E-state index >= 15 is 0 Å². The van der Waals surface area contributed by atoms with E-state index in [1.807, 2.05) is 7.05 Å². The van der Waals surface area contributed by atoms with Gasteiger partial charge in [-0.25, -0.2) is 0 Å². The number of hydrogen-bond donors (Lipinski definition) is 2. The van der Waals surface area contributed by atoms with Crippen molar-refractivity contribution in [3.05, 3.63) is 35.4 Å². The van der Waals surface area contributed by atoms with E-state index in [1.54, 1.807) is 0 Å². The molecule has 2 saturated heterocycles. The minimum atomic E-state index is 0.0497. The summed E-state index contributed by atoms with van der Waals surface area (Å²) < 4.78 is 5.92. The van der Waals surface area contributed by atoms with Gasteiger partial charge in [0.15, 0.2) is 5.96 Å². The first-order valence-corrected chi connectivity index (χ1v) is 8.68. The Morgan fingerprint density at radius 2 is 2.09 bits per heavy atom. The van der Waals surface area contributed by atoms with Crippen molar-refractivity contribution in [1.29, 1.82) is 0 Å². The highest BCUT2D eigenvalue weighted by Gasteiger charge is 2.41. The number of nitrogens with zero attached hydrogens (tertiary/aromatic N) is 1. The van der Waals surface area contributed by atoms with Crippen molar-refractivity contribution in [3.63, 3.8) is 0 Å². The van der Waals surface area contributed by atoms with Crippen molar-refractivity contribution in [2.45, 2.75) is 63.7 Å². The lowest BCUT2D eigenvalue weighted by Crippen LogP contribution is -2.49. The molecule has 3 rings (SSSR count). The Hall–Kier alpha value is -1.55. The predicted molar refractivity (Wildman–Crippen MR) is 95.0 cm³/mol. The molecule has 2 N–H and O–H groups in total. The van der Waals surface area contributed by atoms with Crippen LogP contribution in [0.15, 0.2) is 29.3 Å². The second-order valence-corrected chi connectivity index (χ2v) is 7.48. The van der Waals surface area contributed by atoms with Crippen LogP contribution in [0.25, 0.3) is 0 Å². The third-order valence-electron chi connectivity index (χ3n) is 5.22. The molecule has 3 unspecified atom stereocenters. The minimum Gasteiger partial charge on any atom is -0.373 e. The summed E-state index contributed by atoms with van der Waals surface area (Å²) in [5.74, 6) is 0.882. The van der Waals surface area contributed by atoms with Gasteiger partial charge in [0.1, 0.15) is 0 Å². The zero-order valence-electron chi connectivity index (χ0n) is 14.7. The number of ether oxygens (including phenoxy) is 1. The maximum absolute atomic E-state index is 5.92. The molecule has 2 fully saturated rings. The van der Waals surface area contributed by atoms with Crippen molar-refractivity contribution < 1.29 is 4.74 Å². The molecule has 0 radical (unpaired) electrons. The number of rotatable bonds is 4. The highest BCUT2D eigenvalue weighted by molar-refractivity contribution is 5.80. The summed E-state index contributed by atoms with van der Waals surface area (Å²) in [5.41, 5.74) is 2.77. The Morgan fingerprint density at radius 3 is 2.70 bits per heavy atom. The largest absolute Gasteiger partial charge is 0.373 e. The number of aliphatic imine (C=N–C) groups is 1. The van der Waals surface area contributed by atoms with Gasteiger partial charge in [0, 0.05) is 19.0 Å². The molecule has 0 saturated carbocycles. The van der Waals surface area contributed by atoms with E-state index < -0.39 is 0 Å². The summed E-state index contributed by atoms with van der Waals surface area (Å²) in [6, 6.07) is 9.01. The lowest BCUT2D eigenvalue weighted by atomic mass is 9.82. The molecule has 1 aromatic carbocycles. The Labute approximate surface area is 139 Å². The summed E-state index contributed by atoms with van der Waals surface area (Å²) in [4.78, 5) is 4.39. The summed E-state index contributed by atoms with van der Waals surface area (Å²) in [7, 11) is 1.84. The van der Waals surface area contributed by atoms with Crippen LogP contribution in [0.4, 0.5) is 0 Å². The van der Waals surface area contributed by atoms with E-state index in [9.17, 15) is 0 Å². The molecule has 2 heterocycles. The fourth-order valence-electron chi connectivity index (χ4n) is 3.89. The maximum atomic E-state index is 5.92. The van der Waals surface area contributed by atoms with Crippen molar-refractivity contribution in [2.75, 3.05) is 13.6 Å². The first kappa shape index (κ1) is 16.3. The highest BCUT2D eigenvalue weighted by Crippen LogP contribution is 2.34. The van der Waals surface area contributed by atoms with Gasteiger partial charge in [0.25, 0.3) is 0 Å². The molecule has 0 aromatic heterocycles. The monoisotopic (exact) mass is 315 g/mol. The van der Waals surface area contributed by atoms with Crippen LogP contribution in [0.5, 0.6) is 0 Å². The Morgan fingerprint density at radius 1 is 1.30 bits per heavy atom. The van der Waals surface area contributed by atoms with Gasteiger partial charge in [-0.1, -0.05) is 38.1 Å². The predicted octanol–water partition coefficient (Wildman–Crippen LogP) is 2.76. The SMILES string of the molecule is CN=C(NCC(C)(C)c1ccccc1C)NC1CC2CCC1O2. The van der Waals surface area contributed by atoms with Gasteiger partial charge < -0.3 is 15.4 Å². The summed E-state index contributed by atoms with van der Waals surface area (Å²) in [6.07, 6.45) is 4.32. The minimum absolute atomic E-state index is 0.0497. The molecular formula is C19H29N3O. The van der Waals surface area contributed by atoms with Crippen LogP contribution in [0.3, 0.4) is 0 Å². The van der Waals surface area contributed by atoms with Crippen molar-refractivity contribution in [1.82, 2.24) is 10.6 Å². The number of hydrogen-bond acceptors (Lipinski definition) is 2. The van der Waals surface area contributed by atoms with E-state index in [-0.39, 0.29) is 5.41 Å². The Kier molecular flexibility index (Phi) is 4.62. The molecule has 0 aliphatic carbocycles. The topological polar surface area (TPSA) is 45.7 Å². The molecule has 3 atom stereocenters. The zero-order valence-corrected chi connectivity index (χ0v) is 14.7. The number of nitrogens with one attached hydrogen (secondary N) is 2. The molecule has 0 amide bonds. The van der Waals surface area contributed by atoms with Crippen molar-refractivity contribution in [3.8, 4) is 0 Å². The molecule has 1 aromatic rings. The molecule has 23 heavy (non-hydrogen) atoms. The zero-order chi connectivity index (χ0) is 16.4. The van der Waals surface area contributed by atoms with Gasteiger partial charge in [-0.3, -0.25) is 4.99 Å². The standard InChI is InChI=1S/C19H29N3O/c1-13-7-5-6-8-15(13)19(2,3)12-21-18(20-4)22-16-11-14-9-10-17(16)23-14/h5-8,14,16-17H,9-12H2,1-4H3,(H2,20,21,22). The Bertz CT molecular complexity index is 582. The van der Waals surface area contributed by atoms with Gasteiger partial charge in [-0.15, -0.1) is 0 Å². The number of guanidine groups is 1. The molecule has 4 heteroatoms. The Balaban J connectivity index is 1.58. The van der Waals surface area contributed by atoms with Crippen LogP contribution < -0.4 is 10.6 Å². The summed E-state index contributed by atoms with van der Waals surface area (Å²) in [5, 5.41) is 7.05. The molecular weight excluding hydrogens is 286 g/mol. The summed E-state index contributed by atoms with van der Waals surface area (Å²) >= 11 is 0. The molecule has 4 nitrogen and oxygen atoms in total. The number of benzene rings is 1. The second-order valence-electron chi connectivity index (χ2n) is 7.48. The van der Waals surface area contributed by atoms with Gasteiger partial charge in [0.2, 0.25) is 0 Å². The highest BCUT2D eigenvalue weighted by atomic mass is 16.5. The average molecular weight is 315 g/mol. The van der Waals surface area contributed by atoms with Crippen LogP contribution in [-0.2, 0) is 10.2 Å². The lowest BCUT2D eigenvalue weighted by Gasteiger charge is -2.29. The van der Waals surface area contributed by atoms with Gasteiger partial charge in [-0.2, -0.15) is 0 Å². The quantitative estimate of drug-likeness (QED) is 0.663. The first-order valence-electron chi connectivity index (χ1n) is 8.68. The number of fused-ring (bicyclic) bond motifs is 2. The fourth-order valence-corrected chi connectivity index (χ4v) is 3.89. The average Bonchev–Trinajstić information content (AvgIpc) is 3.14. The third kappa shape index (κ3) is 3.52. The second kappa shape index (κ2) is 6.52. The van der Waals surface area contributed by atoms with Crippen LogP contribution in [-0.4, -0.2) is 37.8 Å². The van der Waals surface area contributed by atoms with Gasteiger partial charge in [-0.05, 0) is 37.3 Å². The van der Waals surface area contributed by atoms with Gasteiger partial charge in [0.05, 0.1) is 18.2 Å². The van der Waals surface area contributed by atoms with Crippen LogP contribution >= 0.6 is 0 Å².